The minimum Gasteiger partial charge on any atom is -0.376 e. The van der Waals surface area contributed by atoms with Crippen LogP contribution in [0.2, 0.25) is 39.3 Å². The number of rotatable bonds is 12. The first-order chi connectivity index (χ1) is 14.8. The van der Waals surface area contributed by atoms with E-state index in [-0.39, 0.29) is 0 Å². The molecule has 2 nitrogen and oxygen atoms in total. The second kappa shape index (κ2) is 12.1. The maximum atomic E-state index is 3.04. The Labute approximate surface area is 209 Å². The van der Waals surface area contributed by atoms with E-state index in [1.807, 2.05) is 0 Å². The van der Waals surface area contributed by atoms with Crippen molar-refractivity contribution in [3.8, 4) is 0 Å². The van der Waals surface area contributed by atoms with Crippen molar-refractivity contribution in [2.24, 2.45) is 23.7 Å². The molecule has 0 saturated carbocycles. The molecule has 1 aliphatic heterocycles. The van der Waals surface area contributed by atoms with Gasteiger partial charge in [-0.05, 0) is 49.4 Å². The van der Waals surface area contributed by atoms with Crippen LogP contribution in [-0.2, 0) is 0 Å². The normalized spacial score (nSPS) is 20.1. The molecule has 0 bridgehead atoms. The first kappa shape index (κ1) is 30.0. The molecule has 0 aliphatic carbocycles. The summed E-state index contributed by atoms with van der Waals surface area (Å²) < 4.78 is 6.08. The van der Waals surface area contributed by atoms with Crippen LogP contribution in [0, 0.1) is 23.7 Å². The fourth-order valence-electron chi connectivity index (χ4n) is 4.81. The minimum atomic E-state index is -1.62. The van der Waals surface area contributed by atoms with E-state index in [1.54, 1.807) is 22.8 Å². The molecule has 0 N–H and O–H groups in total. The van der Waals surface area contributed by atoms with Crippen molar-refractivity contribution in [3.05, 3.63) is 22.8 Å². The van der Waals surface area contributed by atoms with E-state index in [9.17, 15) is 0 Å². The quantitative estimate of drug-likeness (QED) is 0.246. The van der Waals surface area contributed by atoms with Gasteiger partial charge in [0.05, 0.1) is 18.1 Å². The SMILES string of the molecule is CCC(C)C1=C(C(C)CC)N([Si](C)(C)[Si]C)C(C(C)CC)=C(C(C)CC)N1[Si](C)(C)[Si]C. The maximum absolute atomic E-state index is 3.04. The molecule has 0 aromatic carbocycles. The molecule has 0 saturated heterocycles. The Morgan fingerprint density at radius 3 is 0.844 bits per heavy atom. The van der Waals surface area contributed by atoms with E-state index in [0.717, 1.165) is 18.1 Å². The monoisotopic (exact) mass is 506 g/mol. The molecule has 0 aromatic rings. The lowest BCUT2D eigenvalue weighted by molar-refractivity contribution is 0.323. The van der Waals surface area contributed by atoms with Crippen molar-refractivity contribution < 1.29 is 0 Å². The van der Waals surface area contributed by atoms with Gasteiger partial charge in [0.25, 0.3) is 0 Å². The van der Waals surface area contributed by atoms with Gasteiger partial charge in [-0.15, -0.1) is 0 Å². The number of allylic oxidation sites excluding steroid dienone is 4. The van der Waals surface area contributed by atoms with Gasteiger partial charge in [0.1, 0.15) is 15.5 Å². The summed E-state index contributed by atoms with van der Waals surface area (Å²) in [5, 5.41) is 0. The number of hydrogen-bond acceptors (Lipinski definition) is 2. The van der Waals surface area contributed by atoms with Gasteiger partial charge in [-0.3, -0.25) is 0 Å². The van der Waals surface area contributed by atoms with Crippen LogP contribution in [0.15, 0.2) is 22.8 Å². The minimum absolute atomic E-state index is 0.604. The summed E-state index contributed by atoms with van der Waals surface area (Å²) in [6.45, 7) is 35.1. The Hall–Kier alpha value is -0.0525. The van der Waals surface area contributed by atoms with Gasteiger partial charge >= 0.3 is 0 Å². The summed E-state index contributed by atoms with van der Waals surface area (Å²) >= 11 is 0. The summed E-state index contributed by atoms with van der Waals surface area (Å²) in [4.78, 5) is 0. The van der Waals surface area contributed by atoms with Gasteiger partial charge in [0.2, 0.25) is 0 Å². The lowest BCUT2D eigenvalue weighted by Crippen LogP contribution is -2.62. The molecular weight excluding hydrogens is 453 g/mol. The molecule has 4 atom stereocenters. The molecular formula is C26H54N2Si4. The van der Waals surface area contributed by atoms with Gasteiger partial charge in [-0.1, -0.05) is 94.7 Å². The van der Waals surface area contributed by atoms with E-state index in [2.05, 4.69) is 104 Å². The zero-order valence-electron chi connectivity index (χ0n) is 24.0. The zero-order valence-corrected chi connectivity index (χ0v) is 28.0. The first-order valence-corrected chi connectivity index (χ1v) is 24.2. The van der Waals surface area contributed by atoms with Crippen molar-refractivity contribution in [1.82, 2.24) is 9.13 Å². The van der Waals surface area contributed by atoms with E-state index in [4.69, 9.17) is 0 Å². The topological polar surface area (TPSA) is 6.48 Å². The van der Waals surface area contributed by atoms with Gasteiger partial charge in [-0.2, -0.15) is 0 Å². The second-order valence-corrected chi connectivity index (χ2v) is 29.5. The summed E-state index contributed by atoms with van der Waals surface area (Å²) in [5.41, 5.74) is 6.87. The Bertz CT molecular complexity index is 585. The lowest BCUT2D eigenvalue weighted by atomic mass is 9.88. The Kier molecular flexibility index (Phi) is 11.3. The van der Waals surface area contributed by atoms with Crippen LogP contribution in [0.25, 0.3) is 0 Å². The first-order valence-electron chi connectivity index (χ1n) is 13.3. The fraction of sp³-hybridized carbons (Fsp3) is 0.846. The third-order valence-electron chi connectivity index (χ3n) is 8.15. The molecule has 0 aromatic heterocycles. The molecule has 0 amide bonds. The van der Waals surface area contributed by atoms with Gasteiger partial charge < -0.3 is 9.13 Å². The highest BCUT2D eigenvalue weighted by molar-refractivity contribution is 7.22. The van der Waals surface area contributed by atoms with Gasteiger partial charge in [0.15, 0.2) is 0 Å². The van der Waals surface area contributed by atoms with Crippen molar-refractivity contribution in [2.45, 2.75) is 120 Å². The molecule has 4 radical (unpaired) electrons. The van der Waals surface area contributed by atoms with Crippen LogP contribution in [0.1, 0.15) is 81.1 Å². The number of nitrogens with zero attached hydrogens (tertiary/aromatic N) is 2. The fourth-order valence-corrected chi connectivity index (χ4v) is 11.8. The largest absolute Gasteiger partial charge is 0.376 e. The smallest absolute Gasteiger partial charge is 0.139 e. The highest BCUT2D eigenvalue weighted by Crippen LogP contribution is 2.48. The van der Waals surface area contributed by atoms with E-state index in [0.29, 0.717) is 23.7 Å². The Morgan fingerprint density at radius 2 is 0.719 bits per heavy atom. The molecule has 1 aliphatic rings. The van der Waals surface area contributed by atoms with Crippen molar-refractivity contribution in [1.29, 1.82) is 0 Å². The van der Waals surface area contributed by atoms with Crippen LogP contribution >= 0.6 is 0 Å². The molecule has 32 heavy (non-hydrogen) atoms. The lowest BCUT2D eigenvalue weighted by Gasteiger charge is -2.57. The molecule has 0 fully saturated rings. The molecule has 4 unspecified atom stereocenters. The highest BCUT2D eigenvalue weighted by atomic mass is 29.2. The summed E-state index contributed by atoms with van der Waals surface area (Å²) in [7, 11) is -1.22. The van der Waals surface area contributed by atoms with Crippen LogP contribution in [0.3, 0.4) is 0 Å². The standard InChI is InChI=1S/C26H54N2Si4/c1-15-19(5)23-24(20(6)16-2)28(32(13,14)30-10)26(22(8)18-4)25(21(7)17-3)27(23)31(11,12)29-9/h19-22H,15-18H2,1-14H3. The summed E-state index contributed by atoms with van der Waals surface area (Å²) in [5.74, 6) is 2.42. The van der Waals surface area contributed by atoms with Gasteiger partial charge in [-0.25, -0.2) is 0 Å². The molecule has 1 heterocycles. The maximum Gasteiger partial charge on any atom is 0.139 e. The van der Waals surface area contributed by atoms with E-state index in [1.165, 1.54) is 25.7 Å². The molecule has 6 heteroatoms. The third-order valence-corrected chi connectivity index (χ3v) is 22.5. The van der Waals surface area contributed by atoms with E-state index >= 15 is 0 Å². The van der Waals surface area contributed by atoms with Crippen LogP contribution in [-0.4, -0.2) is 42.7 Å². The highest BCUT2D eigenvalue weighted by Gasteiger charge is 2.47. The van der Waals surface area contributed by atoms with Crippen molar-refractivity contribution >= 4 is 33.6 Å². The van der Waals surface area contributed by atoms with Crippen molar-refractivity contribution in [2.75, 3.05) is 0 Å². The summed E-state index contributed by atoms with van der Waals surface area (Å²) in [6.07, 6.45) is 4.89. The van der Waals surface area contributed by atoms with Gasteiger partial charge in [0, 0.05) is 22.8 Å². The average molecular weight is 507 g/mol. The Morgan fingerprint density at radius 1 is 0.531 bits per heavy atom. The zero-order chi connectivity index (χ0) is 25.0. The van der Waals surface area contributed by atoms with Crippen LogP contribution < -0.4 is 0 Å². The van der Waals surface area contributed by atoms with Crippen molar-refractivity contribution in [3.63, 3.8) is 0 Å². The second-order valence-electron chi connectivity index (χ2n) is 11.1. The van der Waals surface area contributed by atoms with E-state index < -0.39 is 15.5 Å². The van der Waals surface area contributed by atoms with Crippen LogP contribution in [0.4, 0.5) is 0 Å². The Balaban J connectivity index is 4.32. The average Bonchev–Trinajstić information content (AvgIpc) is 2.79. The predicted octanol–water partition coefficient (Wildman–Crippen LogP) is 8.12. The third kappa shape index (κ3) is 5.77. The summed E-state index contributed by atoms with van der Waals surface area (Å²) in [6, 6.07) is 0. The van der Waals surface area contributed by atoms with Crippen LogP contribution in [0.5, 0.6) is 0 Å². The molecule has 0 spiro atoms. The number of hydrogen-bond donors (Lipinski definition) is 0. The molecule has 1 rings (SSSR count). The molecule has 184 valence electrons. The predicted molar refractivity (Wildman–Crippen MR) is 154 cm³/mol.